The number of hydrogen-bond donors (Lipinski definition) is 0. The SMILES string of the molecule is CC(C)c1ccc2c(c1)[C@H](C[C@H]1CCCN1C)CC2. The van der Waals surface area contributed by atoms with E-state index in [0.717, 1.165) is 12.0 Å². The van der Waals surface area contributed by atoms with Crippen LogP contribution in [0.4, 0.5) is 0 Å². The second-order valence-corrected chi connectivity index (χ2v) is 6.86. The molecule has 0 radical (unpaired) electrons. The normalized spacial score (nSPS) is 27.2. The van der Waals surface area contributed by atoms with E-state index in [4.69, 9.17) is 0 Å². The number of nitrogens with zero attached hydrogens (tertiary/aromatic N) is 1. The quantitative estimate of drug-likeness (QED) is 0.779. The van der Waals surface area contributed by atoms with E-state index in [0.29, 0.717) is 5.92 Å². The van der Waals surface area contributed by atoms with Gasteiger partial charge < -0.3 is 4.90 Å². The molecular formula is C18H27N. The van der Waals surface area contributed by atoms with Gasteiger partial charge in [-0.3, -0.25) is 0 Å². The molecule has 104 valence electrons. The van der Waals surface area contributed by atoms with Crippen LogP contribution < -0.4 is 0 Å². The molecule has 1 aliphatic carbocycles. The lowest BCUT2D eigenvalue weighted by molar-refractivity contribution is 0.281. The highest BCUT2D eigenvalue weighted by Gasteiger charge is 2.29. The molecule has 1 aromatic carbocycles. The molecule has 1 fully saturated rings. The lowest BCUT2D eigenvalue weighted by atomic mass is 9.90. The third kappa shape index (κ3) is 2.58. The minimum Gasteiger partial charge on any atom is -0.303 e. The summed E-state index contributed by atoms with van der Waals surface area (Å²) in [5.74, 6) is 1.47. The van der Waals surface area contributed by atoms with Crippen molar-refractivity contribution in [3.05, 3.63) is 34.9 Å². The molecule has 0 bridgehead atoms. The average molecular weight is 257 g/mol. The fourth-order valence-electron chi connectivity index (χ4n) is 3.92. The van der Waals surface area contributed by atoms with Gasteiger partial charge in [-0.15, -0.1) is 0 Å². The van der Waals surface area contributed by atoms with Crippen molar-refractivity contribution in [3.8, 4) is 0 Å². The molecule has 0 amide bonds. The van der Waals surface area contributed by atoms with Crippen molar-refractivity contribution in [2.75, 3.05) is 13.6 Å². The maximum absolute atomic E-state index is 2.57. The van der Waals surface area contributed by atoms with Gasteiger partial charge in [-0.1, -0.05) is 32.0 Å². The third-order valence-electron chi connectivity index (χ3n) is 5.27. The standard InChI is InChI=1S/C18H27N/c1-13(2)15-8-6-14-7-9-16(18(14)12-15)11-17-5-4-10-19(17)3/h6,8,12-13,16-17H,4-5,7,9-11H2,1-3H3/t16-,17+/m0/s1. The highest BCUT2D eigenvalue weighted by atomic mass is 15.1. The molecule has 0 unspecified atom stereocenters. The number of benzene rings is 1. The first-order valence-corrected chi connectivity index (χ1v) is 7.98. The molecular weight excluding hydrogens is 230 g/mol. The maximum Gasteiger partial charge on any atom is 0.00985 e. The molecule has 1 saturated heterocycles. The minimum absolute atomic E-state index is 0.653. The second-order valence-electron chi connectivity index (χ2n) is 6.86. The van der Waals surface area contributed by atoms with E-state index in [9.17, 15) is 0 Å². The largest absolute Gasteiger partial charge is 0.303 e. The Labute approximate surface area is 118 Å². The molecule has 2 atom stereocenters. The lowest BCUT2D eigenvalue weighted by Crippen LogP contribution is -2.26. The van der Waals surface area contributed by atoms with Crippen molar-refractivity contribution in [1.82, 2.24) is 4.90 Å². The number of hydrogen-bond acceptors (Lipinski definition) is 1. The van der Waals surface area contributed by atoms with Gasteiger partial charge in [-0.2, -0.15) is 0 Å². The summed E-state index contributed by atoms with van der Waals surface area (Å²) in [7, 11) is 2.30. The molecule has 1 heteroatoms. The van der Waals surface area contributed by atoms with E-state index in [2.05, 4.69) is 44.0 Å². The van der Waals surface area contributed by atoms with Crippen molar-refractivity contribution in [2.24, 2.45) is 0 Å². The Morgan fingerprint density at radius 2 is 2.11 bits per heavy atom. The summed E-state index contributed by atoms with van der Waals surface area (Å²) >= 11 is 0. The fraction of sp³-hybridized carbons (Fsp3) is 0.667. The Hall–Kier alpha value is -0.820. The van der Waals surface area contributed by atoms with Crippen LogP contribution in [0.1, 0.15) is 68.1 Å². The summed E-state index contributed by atoms with van der Waals surface area (Å²) in [6.07, 6.45) is 6.86. The van der Waals surface area contributed by atoms with Gasteiger partial charge in [-0.05, 0) is 74.2 Å². The van der Waals surface area contributed by atoms with E-state index in [1.54, 1.807) is 11.1 Å². The molecule has 2 aliphatic rings. The Morgan fingerprint density at radius 1 is 1.26 bits per heavy atom. The van der Waals surface area contributed by atoms with Gasteiger partial charge in [0.25, 0.3) is 0 Å². The summed E-state index contributed by atoms with van der Waals surface area (Å²) < 4.78 is 0. The van der Waals surface area contributed by atoms with Crippen LogP contribution in [0.25, 0.3) is 0 Å². The van der Waals surface area contributed by atoms with Gasteiger partial charge >= 0.3 is 0 Å². The smallest absolute Gasteiger partial charge is 0.00985 e. The Kier molecular flexibility index (Phi) is 3.66. The van der Waals surface area contributed by atoms with Crippen molar-refractivity contribution in [3.63, 3.8) is 0 Å². The number of aryl methyl sites for hydroxylation is 1. The highest BCUT2D eigenvalue weighted by molar-refractivity contribution is 5.39. The van der Waals surface area contributed by atoms with Crippen LogP contribution in [-0.2, 0) is 6.42 Å². The molecule has 1 aliphatic heterocycles. The number of rotatable bonds is 3. The van der Waals surface area contributed by atoms with E-state index < -0.39 is 0 Å². The van der Waals surface area contributed by atoms with Gasteiger partial charge in [0.15, 0.2) is 0 Å². The van der Waals surface area contributed by atoms with Gasteiger partial charge in [0.2, 0.25) is 0 Å². The fourth-order valence-corrected chi connectivity index (χ4v) is 3.92. The topological polar surface area (TPSA) is 3.24 Å². The van der Waals surface area contributed by atoms with E-state index in [-0.39, 0.29) is 0 Å². The Bertz CT molecular complexity index is 449. The zero-order valence-electron chi connectivity index (χ0n) is 12.7. The molecule has 1 aromatic rings. The number of fused-ring (bicyclic) bond motifs is 1. The number of likely N-dealkylation sites (tertiary alicyclic amines) is 1. The molecule has 0 aromatic heterocycles. The minimum atomic E-state index is 0.653. The summed E-state index contributed by atoms with van der Waals surface area (Å²) in [5, 5.41) is 0. The molecule has 3 rings (SSSR count). The molecule has 19 heavy (non-hydrogen) atoms. The summed E-state index contributed by atoms with van der Waals surface area (Å²) in [5.41, 5.74) is 4.81. The van der Waals surface area contributed by atoms with Crippen molar-refractivity contribution in [1.29, 1.82) is 0 Å². The van der Waals surface area contributed by atoms with Crippen LogP contribution in [0.3, 0.4) is 0 Å². The van der Waals surface area contributed by atoms with E-state index in [1.807, 2.05) is 0 Å². The van der Waals surface area contributed by atoms with Crippen LogP contribution in [-0.4, -0.2) is 24.5 Å². The van der Waals surface area contributed by atoms with Crippen molar-refractivity contribution in [2.45, 2.75) is 63.8 Å². The van der Waals surface area contributed by atoms with Crippen molar-refractivity contribution >= 4 is 0 Å². The summed E-state index contributed by atoms with van der Waals surface area (Å²) in [6.45, 7) is 5.91. The van der Waals surface area contributed by atoms with Crippen molar-refractivity contribution < 1.29 is 0 Å². The summed E-state index contributed by atoms with van der Waals surface area (Å²) in [6, 6.07) is 8.07. The van der Waals surface area contributed by atoms with Gasteiger partial charge in [-0.25, -0.2) is 0 Å². The predicted molar refractivity (Wildman–Crippen MR) is 81.9 cm³/mol. The van der Waals surface area contributed by atoms with Gasteiger partial charge in [0.05, 0.1) is 0 Å². The second kappa shape index (κ2) is 5.28. The first-order valence-electron chi connectivity index (χ1n) is 7.98. The molecule has 0 saturated carbocycles. The zero-order chi connectivity index (χ0) is 13.4. The average Bonchev–Trinajstić information content (AvgIpc) is 2.97. The predicted octanol–water partition coefficient (Wildman–Crippen LogP) is 4.32. The van der Waals surface area contributed by atoms with Crippen LogP contribution in [0.15, 0.2) is 18.2 Å². The lowest BCUT2D eigenvalue weighted by Gasteiger charge is -2.23. The third-order valence-corrected chi connectivity index (χ3v) is 5.27. The highest BCUT2D eigenvalue weighted by Crippen LogP contribution is 2.39. The first-order chi connectivity index (χ1) is 9.15. The summed E-state index contributed by atoms with van der Waals surface area (Å²) in [4.78, 5) is 2.57. The van der Waals surface area contributed by atoms with E-state index in [1.165, 1.54) is 44.2 Å². The van der Waals surface area contributed by atoms with Crippen LogP contribution in [0, 0.1) is 0 Å². The van der Waals surface area contributed by atoms with Crippen LogP contribution in [0.2, 0.25) is 0 Å². The van der Waals surface area contributed by atoms with Crippen LogP contribution >= 0.6 is 0 Å². The zero-order valence-corrected chi connectivity index (χ0v) is 12.7. The molecule has 0 N–H and O–H groups in total. The van der Waals surface area contributed by atoms with Gasteiger partial charge in [0.1, 0.15) is 0 Å². The maximum atomic E-state index is 2.57. The molecule has 1 heterocycles. The monoisotopic (exact) mass is 257 g/mol. The Balaban J connectivity index is 1.78. The first kappa shape index (κ1) is 13.2. The van der Waals surface area contributed by atoms with Gasteiger partial charge in [0, 0.05) is 6.04 Å². The molecule has 0 spiro atoms. The Morgan fingerprint density at radius 3 is 2.79 bits per heavy atom. The van der Waals surface area contributed by atoms with Crippen LogP contribution in [0.5, 0.6) is 0 Å². The van der Waals surface area contributed by atoms with E-state index >= 15 is 0 Å². The molecule has 1 nitrogen and oxygen atoms in total.